The fourth-order valence-electron chi connectivity index (χ4n) is 1.98. The van der Waals surface area contributed by atoms with Crippen LogP contribution in [0.5, 0.6) is 11.5 Å². The maximum Gasteiger partial charge on any atom is 0.308 e. The molecular weight excluding hydrogens is 274 g/mol. The third-order valence-electron chi connectivity index (χ3n) is 3.03. The van der Waals surface area contributed by atoms with Gasteiger partial charge in [0.05, 0.1) is 26.3 Å². The second-order valence-corrected chi connectivity index (χ2v) is 4.36. The van der Waals surface area contributed by atoms with Gasteiger partial charge in [-0.3, -0.25) is 9.59 Å². The van der Waals surface area contributed by atoms with E-state index in [-0.39, 0.29) is 12.0 Å². The van der Waals surface area contributed by atoms with E-state index in [0.717, 1.165) is 0 Å². The fourth-order valence-corrected chi connectivity index (χ4v) is 1.98. The number of ether oxygens (including phenoxy) is 2. The number of aliphatic carboxylic acids is 1. The molecule has 0 aliphatic rings. The number of pyridine rings is 1. The second-order valence-electron chi connectivity index (χ2n) is 4.36. The highest BCUT2D eigenvalue weighted by atomic mass is 16.5. The number of nitrogens with one attached hydrogen (secondary N) is 1. The van der Waals surface area contributed by atoms with Gasteiger partial charge in [0.15, 0.2) is 0 Å². The summed E-state index contributed by atoms with van der Waals surface area (Å²) in [5.74, 6) is 0.145. The van der Waals surface area contributed by atoms with E-state index in [1.54, 1.807) is 31.4 Å². The van der Waals surface area contributed by atoms with Crippen molar-refractivity contribution in [1.82, 2.24) is 4.98 Å². The highest BCUT2D eigenvalue weighted by molar-refractivity contribution is 5.71. The van der Waals surface area contributed by atoms with E-state index >= 15 is 0 Å². The van der Waals surface area contributed by atoms with Crippen LogP contribution in [-0.2, 0) is 11.2 Å². The van der Waals surface area contributed by atoms with E-state index in [1.807, 2.05) is 0 Å². The maximum absolute atomic E-state index is 11.9. The lowest BCUT2D eigenvalue weighted by atomic mass is 10.1. The van der Waals surface area contributed by atoms with Crippen LogP contribution in [0, 0.1) is 0 Å². The molecule has 0 aliphatic carbocycles. The Morgan fingerprint density at radius 1 is 1.19 bits per heavy atom. The molecule has 1 heterocycles. The summed E-state index contributed by atoms with van der Waals surface area (Å²) in [6.07, 6.45) is -0.310. The number of benzene rings is 1. The fraction of sp³-hybridized carbons (Fsp3) is 0.200. The summed E-state index contributed by atoms with van der Waals surface area (Å²) in [4.78, 5) is 25.2. The molecule has 0 fully saturated rings. The molecular formula is C15H15NO5. The standard InChI is InChI=1S/C15H15NO5/c1-20-10-4-5-11(13(8-10)21-2)12-6-3-9(7-14(17)18)15(19)16-12/h3-6,8H,7H2,1-2H3,(H,16,19)(H,17,18). The van der Waals surface area contributed by atoms with E-state index in [9.17, 15) is 9.59 Å². The van der Waals surface area contributed by atoms with Crippen LogP contribution in [0.1, 0.15) is 5.56 Å². The maximum atomic E-state index is 11.9. The summed E-state index contributed by atoms with van der Waals surface area (Å²) in [6.45, 7) is 0. The van der Waals surface area contributed by atoms with Crippen molar-refractivity contribution in [2.24, 2.45) is 0 Å². The van der Waals surface area contributed by atoms with Crippen LogP contribution in [0.4, 0.5) is 0 Å². The molecule has 0 amide bonds. The highest BCUT2D eigenvalue weighted by Crippen LogP contribution is 2.31. The molecule has 6 nitrogen and oxygen atoms in total. The number of aromatic nitrogens is 1. The van der Waals surface area contributed by atoms with Crippen molar-refractivity contribution in [3.63, 3.8) is 0 Å². The number of carboxylic acid groups (broad SMARTS) is 1. The van der Waals surface area contributed by atoms with Gasteiger partial charge in [0, 0.05) is 17.2 Å². The predicted octanol–water partition coefficient (Wildman–Crippen LogP) is 1.69. The SMILES string of the molecule is COc1ccc(-c2ccc(CC(=O)O)c(=O)[nH]2)c(OC)c1. The van der Waals surface area contributed by atoms with E-state index in [4.69, 9.17) is 14.6 Å². The van der Waals surface area contributed by atoms with Crippen molar-refractivity contribution < 1.29 is 19.4 Å². The van der Waals surface area contributed by atoms with Crippen LogP contribution in [0.15, 0.2) is 35.1 Å². The summed E-state index contributed by atoms with van der Waals surface area (Å²) in [6, 6.07) is 8.38. The second kappa shape index (κ2) is 6.13. The van der Waals surface area contributed by atoms with E-state index in [1.165, 1.54) is 13.2 Å². The third-order valence-corrected chi connectivity index (χ3v) is 3.03. The highest BCUT2D eigenvalue weighted by Gasteiger charge is 2.11. The number of carbonyl (C=O) groups is 1. The summed E-state index contributed by atoms with van der Waals surface area (Å²) < 4.78 is 10.4. The van der Waals surface area contributed by atoms with Crippen molar-refractivity contribution in [2.75, 3.05) is 14.2 Å². The number of rotatable bonds is 5. The van der Waals surface area contributed by atoms with Crippen LogP contribution < -0.4 is 15.0 Å². The molecule has 0 spiro atoms. The van der Waals surface area contributed by atoms with Gasteiger partial charge in [-0.1, -0.05) is 6.07 Å². The number of hydrogen-bond acceptors (Lipinski definition) is 4. The van der Waals surface area contributed by atoms with Crippen molar-refractivity contribution in [3.8, 4) is 22.8 Å². The Morgan fingerprint density at radius 2 is 1.95 bits per heavy atom. The monoisotopic (exact) mass is 289 g/mol. The van der Waals surface area contributed by atoms with Crippen LogP contribution in [0.2, 0.25) is 0 Å². The first kappa shape index (κ1) is 14.6. The number of aromatic amines is 1. The Bertz CT molecular complexity index is 720. The zero-order chi connectivity index (χ0) is 15.4. The quantitative estimate of drug-likeness (QED) is 0.874. The number of methoxy groups -OCH3 is 2. The molecule has 0 saturated heterocycles. The zero-order valence-electron chi connectivity index (χ0n) is 11.7. The van der Waals surface area contributed by atoms with E-state index in [0.29, 0.717) is 22.8 Å². The normalized spacial score (nSPS) is 10.2. The number of carboxylic acids is 1. The molecule has 6 heteroatoms. The molecule has 2 N–H and O–H groups in total. The third kappa shape index (κ3) is 3.22. The van der Waals surface area contributed by atoms with Gasteiger partial charge in [0.1, 0.15) is 11.5 Å². The largest absolute Gasteiger partial charge is 0.497 e. The van der Waals surface area contributed by atoms with Gasteiger partial charge in [-0.25, -0.2) is 0 Å². The predicted molar refractivity (Wildman–Crippen MR) is 76.9 cm³/mol. The molecule has 2 aromatic rings. The van der Waals surface area contributed by atoms with E-state index < -0.39 is 11.5 Å². The molecule has 1 aromatic carbocycles. The molecule has 2 rings (SSSR count). The average molecular weight is 289 g/mol. The summed E-state index contributed by atoms with van der Waals surface area (Å²) >= 11 is 0. The molecule has 0 aliphatic heterocycles. The first-order valence-corrected chi connectivity index (χ1v) is 6.21. The molecule has 0 unspecified atom stereocenters. The lowest BCUT2D eigenvalue weighted by molar-refractivity contribution is -0.136. The van der Waals surface area contributed by atoms with Crippen molar-refractivity contribution in [3.05, 3.63) is 46.2 Å². The van der Waals surface area contributed by atoms with Gasteiger partial charge in [-0.05, 0) is 18.2 Å². The molecule has 0 radical (unpaired) electrons. The van der Waals surface area contributed by atoms with Gasteiger partial charge < -0.3 is 19.6 Å². The molecule has 0 saturated carbocycles. The first-order chi connectivity index (χ1) is 10.0. The smallest absolute Gasteiger partial charge is 0.308 e. The van der Waals surface area contributed by atoms with Gasteiger partial charge in [0.25, 0.3) is 5.56 Å². The first-order valence-electron chi connectivity index (χ1n) is 6.21. The number of hydrogen-bond donors (Lipinski definition) is 2. The Balaban J connectivity index is 2.45. The summed E-state index contributed by atoms with van der Waals surface area (Å²) in [5.41, 5.74) is 1.03. The Labute approximate surface area is 121 Å². The van der Waals surface area contributed by atoms with Gasteiger partial charge in [-0.15, -0.1) is 0 Å². The van der Waals surface area contributed by atoms with Crippen LogP contribution in [0.25, 0.3) is 11.3 Å². The minimum atomic E-state index is -1.05. The van der Waals surface area contributed by atoms with E-state index in [2.05, 4.69) is 4.98 Å². The average Bonchev–Trinajstić information content (AvgIpc) is 2.48. The van der Waals surface area contributed by atoms with Crippen molar-refractivity contribution >= 4 is 5.97 Å². The summed E-state index contributed by atoms with van der Waals surface area (Å²) in [7, 11) is 3.08. The van der Waals surface area contributed by atoms with Crippen LogP contribution in [-0.4, -0.2) is 30.3 Å². The van der Waals surface area contributed by atoms with Gasteiger partial charge in [-0.2, -0.15) is 0 Å². The molecule has 0 bridgehead atoms. The van der Waals surface area contributed by atoms with Crippen LogP contribution in [0.3, 0.4) is 0 Å². The zero-order valence-corrected chi connectivity index (χ0v) is 11.7. The number of H-pyrrole nitrogens is 1. The minimum Gasteiger partial charge on any atom is -0.497 e. The van der Waals surface area contributed by atoms with Gasteiger partial charge in [0.2, 0.25) is 0 Å². The topological polar surface area (TPSA) is 88.6 Å². The van der Waals surface area contributed by atoms with Crippen LogP contribution >= 0.6 is 0 Å². The molecule has 21 heavy (non-hydrogen) atoms. The molecule has 0 atom stereocenters. The lowest BCUT2D eigenvalue weighted by Gasteiger charge is -2.10. The summed E-state index contributed by atoms with van der Waals surface area (Å²) in [5, 5.41) is 8.73. The Morgan fingerprint density at radius 3 is 2.52 bits per heavy atom. The Kier molecular flexibility index (Phi) is 4.27. The molecule has 1 aromatic heterocycles. The lowest BCUT2D eigenvalue weighted by Crippen LogP contribution is -2.16. The molecule has 110 valence electrons. The van der Waals surface area contributed by atoms with Crippen molar-refractivity contribution in [1.29, 1.82) is 0 Å². The minimum absolute atomic E-state index is 0.207. The van der Waals surface area contributed by atoms with Gasteiger partial charge >= 0.3 is 5.97 Å². The van der Waals surface area contributed by atoms with Crippen molar-refractivity contribution in [2.45, 2.75) is 6.42 Å². The Hall–Kier alpha value is -2.76.